The van der Waals surface area contributed by atoms with E-state index >= 15 is 0 Å². The van der Waals surface area contributed by atoms with Crippen LogP contribution in [0, 0.1) is 12.7 Å². The highest BCUT2D eigenvalue weighted by atomic mass is 19.1. The number of aryl methyl sites for hydroxylation is 1. The number of benzene rings is 1. The largest absolute Gasteiger partial charge is 0.507 e. The summed E-state index contributed by atoms with van der Waals surface area (Å²) in [6.45, 7) is 1.60. The topological polar surface area (TPSA) is 83.6 Å². The van der Waals surface area contributed by atoms with E-state index in [4.69, 9.17) is 10.8 Å². The van der Waals surface area contributed by atoms with Crippen LogP contribution in [0.15, 0.2) is 12.1 Å². The predicted molar refractivity (Wildman–Crippen MR) is 56.9 cm³/mol. The SMILES string of the molecule is Cc1cc(F)cc(C(CN)CC(=O)O)c1O. The van der Waals surface area contributed by atoms with Crippen LogP contribution < -0.4 is 5.73 Å². The Balaban J connectivity index is 3.13. The second kappa shape index (κ2) is 4.94. The number of carboxylic acids is 1. The van der Waals surface area contributed by atoms with Gasteiger partial charge in [0.05, 0.1) is 6.42 Å². The number of hydrogen-bond donors (Lipinski definition) is 3. The van der Waals surface area contributed by atoms with Crippen molar-refractivity contribution in [2.24, 2.45) is 5.73 Å². The molecule has 0 aliphatic rings. The lowest BCUT2D eigenvalue weighted by molar-refractivity contribution is -0.137. The van der Waals surface area contributed by atoms with Crippen LogP contribution in [0.3, 0.4) is 0 Å². The molecule has 5 heteroatoms. The number of nitrogens with two attached hydrogens (primary N) is 1. The average Bonchev–Trinajstić information content (AvgIpc) is 2.20. The molecule has 0 amide bonds. The Bertz CT molecular complexity index is 406. The van der Waals surface area contributed by atoms with E-state index in [9.17, 15) is 14.3 Å². The maximum atomic E-state index is 13.1. The molecule has 88 valence electrons. The fraction of sp³-hybridized carbons (Fsp3) is 0.364. The standard InChI is InChI=1S/C11H14FNO3/c1-6-2-8(12)4-9(11(6)16)7(5-13)3-10(14)15/h2,4,7,16H,3,5,13H2,1H3,(H,14,15). The number of phenolic OH excluding ortho intramolecular Hbond substituents is 1. The van der Waals surface area contributed by atoms with Crippen LogP contribution in [-0.4, -0.2) is 22.7 Å². The minimum Gasteiger partial charge on any atom is -0.507 e. The first-order valence-corrected chi connectivity index (χ1v) is 4.86. The van der Waals surface area contributed by atoms with Gasteiger partial charge in [0.15, 0.2) is 0 Å². The van der Waals surface area contributed by atoms with Crippen molar-refractivity contribution in [2.75, 3.05) is 6.54 Å². The van der Waals surface area contributed by atoms with Gasteiger partial charge in [-0.25, -0.2) is 4.39 Å². The molecule has 4 nitrogen and oxygen atoms in total. The molecule has 0 aromatic heterocycles. The molecule has 0 spiro atoms. The Morgan fingerprint density at radius 3 is 2.69 bits per heavy atom. The number of carbonyl (C=O) groups is 1. The van der Waals surface area contributed by atoms with Crippen molar-refractivity contribution < 1.29 is 19.4 Å². The van der Waals surface area contributed by atoms with Crippen LogP contribution in [0.25, 0.3) is 0 Å². The fourth-order valence-corrected chi connectivity index (χ4v) is 1.60. The van der Waals surface area contributed by atoms with Gasteiger partial charge in [0.2, 0.25) is 0 Å². The second-order valence-electron chi connectivity index (χ2n) is 3.69. The fourth-order valence-electron chi connectivity index (χ4n) is 1.60. The van der Waals surface area contributed by atoms with E-state index in [0.29, 0.717) is 5.56 Å². The number of aromatic hydroxyl groups is 1. The molecule has 0 aliphatic heterocycles. The van der Waals surface area contributed by atoms with Gasteiger partial charge < -0.3 is 15.9 Å². The van der Waals surface area contributed by atoms with Gasteiger partial charge in [0.25, 0.3) is 0 Å². The van der Waals surface area contributed by atoms with Gasteiger partial charge in [-0.2, -0.15) is 0 Å². The zero-order valence-electron chi connectivity index (χ0n) is 8.90. The summed E-state index contributed by atoms with van der Waals surface area (Å²) in [5, 5.41) is 18.4. The summed E-state index contributed by atoms with van der Waals surface area (Å²) in [6.07, 6.45) is -0.229. The molecule has 1 atom stereocenters. The number of aliphatic carboxylic acids is 1. The summed E-state index contributed by atoms with van der Waals surface area (Å²) in [5.74, 6) is -2.20. The van der Waals surface area contributed by atoms with E-state index in [1.54, 1.807) is 6.92 Å². The highest BCUT2D eigenvalue weighted by molar-refractivity contribution is 5.68. The number of phenols is 1. The van der Waals surface area contributed by atoms with Crippen molar-refractivity contribution in [2.45, 2.75) is 19.3 Å². The second-order valence-corrected chi connectivity index (χ2v) is 3.69. The van der Waals surface area contributed by atoms with Crippen LogP contribution in [0.4, 0.5) is 4.39 Å². The Morgan fingerprint density at radius 1 is 1.56 bits per heavy atom. The zero-order valence-corrected chi connectivity index (χ0v) is 8.90. The third kappa shape index (κ3) is 2.70. The van der Waals surface area contributed by atoms with Gasteiger partial charge >= 0.3 is 5.97 Å². The van der Waals surface area contributed by atoms with Crippen molar-refractivity contribution in [3.05, 3.63) is 29.1 Å². The maximum Gasteiger partial charge on any atom is 0.304 e. The molecule has 1 aromatic rings. The zero-order chi connectivity index (χ0) is 12.3. The lowest BCUT2D eigenvalue weighted by Gasteiger charge is -2.15. The Kier molecular flexibility index (Phi) is 3.84. The molecular weight excluding hydrogens is 213 g/mol. The van der Waals surface area contributed by atoms with Gasteiger partial charge in [-0.1, -0.05) is 0 Å². The summed E-state index contributed by atoms with van der Waals surface area (Å²) in [4.78, 5) is 10.6. The normalized spacial score (nSPS) is 12.4. The van der Waals surface area contributed by atoms with Crippen molar-refractivity contribution in [1.29, 1.82) is 0 Å². The molecule has 1 aromatic carbocycles. The van der Waals surface area contributed by atoms with Gasteiger partial charge in [0.1, 0.15) is 11.6 Å². The van der Waals surface area contributed by atoms with Crippen molar-refractivity contribution >= 4 is 5.97 Å². The average molecular weight is 227 g/mol. The van der Waals surface area contributed by atoms with Gasteiger partial charge in [-0.15, -0.1) is 0 Å². The van der Waals surface area contributed by atoms with Gasteiger partial charge in [0, 0.05) is 11.5 Å². The van der Waals surface area contributed by atoms with E-state index in [1.165, 1.54) is 6.07 Å². The summed E-state index contributed by atoms with van der Waals surface area (Å²) in [5.41, 5.74) is 6.05. The minimum absolute atomic E-state index is 0.0444. The molecule has 0 heterocycles. The highest BCUT2D eigenvalue weighted by Crippen LogP contribution is 2.31. The van der Waals surface area contributed by atoms with E-state index < -0.39 is 17.7 Å². The molecular formula is C11H14FNO3. The van der Waals surface area contributed by atoms with Crippen LogP contribution in [0.1, 0.15) is 23.5 Å². The third-order valence-corrected chi connectivity index (χ3v) is 2.44. The summed E-state index contributed by atoms with van der Waals surface area (Å²) in [7, 11) is 0. The molecule has 0 saturated heterocycles. The van der Waals surface area contributed by atoms with E-state index in [1.807, 2.05) is 0 Å². The van der Waals surface area contributed by atoms with Crippen molar-refractivity contribution in [3.8, 4) is 5.75 Å². The molecule has 16 heavy (non-hydrogen) atoms. The Labute approximate surface area is 92.5 Å². The molecule has 0 aliphatic carbocycles. The van der Waals surface area contributed by atoms with Gasteiger partial charge in [-0.3, -0.25) is 4.79 Å². The number of hydrogen-bond acceptors (Lipinski definition) is 3. The number of rotatable bonds is 4. The highest BCUT2D eigenvalue weighted by Gasteiger charge is 2.19. The quantitative estimate of drug-likeness (QED) is 0.725. The lowest BCUT2D eigenvalue weighted by atomic mass is 9.93. The summed E-state index contributed by atoms with van der Waals surface area (Å²) in [6, 6.07) is 2.32. The molecule has 0 bridgehead atoms. The number of halogens is 1. The Hall–Kier alpha value is -1.62. The minimum atomic E-state index is -1.03. The molecule has 0 saturated carbocycles. The van der Waals surface area contributed by atoms with Gasteiger partial charge in [-0.05, 0) is 31.2 Å². The first kappa shape index (κ1) is 12.4. The third-order valence-electron chi connectivity index (χ3n) is 2.44. The van der Waals surface area contributed by atoms with Crippen LogP contribution in [-0.2, 0) is 4.79 Å². The number of carboxylic acid groups (broad SMARTS) is 1. The predicted octanol–water partition coefficient (Wildman–Crippen LogP) is 1.36. The summed E-state index contributed by atoms with van der Waals surface area (Å²) < 4.78 is 13.1. The molecule has 0 radical (unpaired) electrons. The molecule has 4 N–H and O–H groups in total. The first-order chi connectivity index (χ1) is 7.45. The van der Waals surface area contributed by atoms with Crippen LogP contribution >= 0.6 is 0 Å². The van der Waals surface area contributed by atoms with Crippen molar-refractivity contribution in [3.63, 3.8) is 0 Å². The van der Waals surface area contributed by atoms with Crippen molar-refractivity contribution in [1.82, 2.24) is 0 Å². The monoisotopic (exact) mass is 227 g/mol. The molecule has 1 unspecified atom stereocenters. The van der Waals surface area contributed by atoms with E-state index in [2.05, 4.69) is 0 Å². The van der Waals surface area contributed by atoms with E-state index in [0.717, 1.165) is 6.07 Å². The molecule has 0 fully saturated rings. The van der Waals surface area contributed by atoms with E-state index in [-0.39, 0.29) is 24.3 Å². The first-order valence-electron chi connectivity index (χ1n) is 4.86. The maximum absolute atomic E-state index is 13.1. The molecule has 1 rings (SSSR count). The summed E-state index contributed by atoms with van der Waals surface area (Å²) >= 11 is 0. The Morgan fingerprint density at radius 2 is 2.19 bits per heavy atom. The lowest BCUT2D eigenvalue weighted by Crippen LogP contribution is -2.16. The smallest absolute Gasteiger partial charge is 0.304 e. The van der Waals surface area contributed by atoms with Crippen LogP contribution in [0.2, 0.25) is 0 Å². The van der Waals surface area contributed by atoms with Crippen LogP contribution in [0.5, 0.6) is 5.75 Å².